The second kappa shape index (κ2) is 8.86. The molecule has 2 N–H and O–H groups in total. The summed E-state index contributed by atoms with van der Waals surface area (Å²) in [4.78, 5) is 25.7. The van der Waals surface area contributed by atoms with Crippen molar-refractivity contribution >= 4 is 11.9 Å². The summed E-state index contributed by atoms with van der Waals surface area (Å²) in [5.41, 5.74) is 1.01. The third-order valence-corrected chi connectivity index (χ3v) is 9.04. The van der Waals surface area contributed by atoms with Crippen LogP contribution in [0.4, 0.5) is 0 Å². The van der Waals surface area contributed by atoms with Crippen molar-refractivity contribution in [2.24, 2.45) is 34.5 Å². The molecule has 0 aromatic rings. The largest absolute Gasteiger partial charge is 0.462 e. The third-order valence-electron chi connectivity index (χ3n) is 9.04. The van der Waals surface area contributed by atoms with Crippen molar-refractivity contribution in [3.63, 3.8) is 0 Å². The zero-order valence-electron chi connectivity index (χ0n) is 20.1. The van der Waals surface area contributed by atoms with E-state index < -0.39 is 6.10 Å². The predicted molar refractivity (Wildman–Crippen MR) is 119 cm³/mol. The van der Waals surface area contributed by atoms with Gasteiger partial charge < -0.3 is 19.8 Å². The zero-order chi connectivity index (χ0) is 23.1. The van der Waals surface area contributed by atoms with Crippen LogP contribution in [-0.2, 0) is 14.3 Å². The third kappa shape index (κ3) is 4.30. The molecule has 0 heterocycles. The number of fused-ring (bicyclic) bond motifs is 3. The van der Waals surface area contributed by atoms with Crippen molar-refractivity contribution in [1.29, 1.82) is 0 Å². The highest BCUT2D eigenvalue weighted by Crippen LogP contribution is 2.65. The van der Waals surface area contributed by atoms with E-state index >= 15 is 0 Å². The normalized spacial score (nSPS) is 40.6. The van der Waals surface area contributed by atoms with Gasteiger partial charge in [-0.05, 0) is 61.2 Å². The molecule has 0 aliphatic heterocycles. The van der Waals surface area contributed by atoms with Gasteiger partial charge in [-0.2, -0.15) is 0 Å². The summed E-state index contributed by atoms with van der Waals surface area (Å²) < 4.78 is 5.71. The Bertz CT molecular complexity index is 731. The molecule has 176 valence electrons. The smallest absolute Gasteiger partial charge is 0.302 e. The lowest BCUT2D eigenvalue weighted by Gasteiger charge is -2.64. The van der Waals surface area contributed by atoms with Gasteiger partial charge in [0.1, 0.15) is 6.10 Å². The molecule has 0 spiro atoms. The van der Waals surface area contributed by atoms with Crippen LogP contribution in [0.3, 0.4) is 0 Å². The number of rotatable bonds is 4. The molecule has 6 nitrogen and oxygen atoms in total. The van der Waals surface area contributed by atoms with Gasteiger partial charge in [-0.15, -0.1) is 0 Å². The number of amides is 1. The van der Waals surface area contributed by atoms with Crippen molar-refractivity contribution in [3.05, 3.63) is 11.6 Å². The van der Waals surface area contributed by atoms with Crippen molar-refractivity contribution in [2.75, 3.05) is 20.2 Å². The number of allylic oxidation sites excluding steroid dienone is 1. The first-order valence-corrected chi connectivity index (χ1v) is 11.8. The maximum atomic E-state index is 12.5. The highest BCUT2D eigenvalue weighted by atomic mass is 16.5. The summed E-state index contributed by atoms with van der Waals surface area (Å²) in [6.45, 7) is 10.7. The highest BCUT2D eigenvalue weighted by molar-refractivity contribution is 5.88. The molecular weight excluding hydrogens is 394 g/mol. The van der Waals surface area contributed by atoms with E-state index in [-0.39, 0.29) is 53.2 Å². The van der Waals surface area contributed by atoms with E-state index in [1.807, 2.05) is 0 Å². The number of carbonyl (C=O) groups is 2. The SMILES string of the molecule is CC(=O)O[C@H]1CC[C@]2(C)[C@H]3CC/C(=C\C(=O)N(C)CCO)[C@H](C)[C@@H]3[C@H](O)C[C@H]2C1(C)C. The van der Waals surface area contributed by atoms with E-state index in [0.29, 0.717) is 18.9 Å². The van der Waals surface area contributed by atoms with E-state index in [2.05, 4.69) is 27.7 Å². The fourth-order valence-electron chi connectivity index (χ4n) is 7.33. The maximum Gasteiger partial charge on any atom is 0.302 e. The van der Waals surface area contributed by atoms with E-state index in [4.69, 9.17) is 9.84 Å². The van der Waals surface area contributed by atoms with Crippen molar-refractivity contribution in [2.45, 2.75) is 78.9 Å². The average molecular weight is 436 g/mol. The second-order valence-corrected chi connectivity index (χ2v) is 11.0. The Kier molecular flexibility index (Phi) is 6.93. The van der Waals surface area contributed by atoms with Gasteiger partial charge in [0.05, 0.1) is 12.7 Å². The first kappa shape index (κ1) is 24.2. The Labute approximate surface area is 187 Å². The Morgan fingerprint density at radius 2 is 1.94 bits per heavy atom. The van der Waals surface area contributed by atoms with Crippen LogP contribution in [0.5, 0.6) is 0 Å². The number of hydrogen-bond acceptors (Lipinski definition) is 5. The standard InChI is InChI=1S/C25H41NO5/c1-15-17(13-22(30)26(6)11-12-27)7-8-18-23(15)19(29)14-20-24(3,4)21(31-16(2)28)9-10-25(18,20)5/h13,15,18-21,23,27,29H,7-12,14H2,1-6H3/b17-13+/t15-,18-,19+,20-,21-,23-,25+/m0/s1. The average Bonchev–Trinajstić information content (AvgIpc) is 2.68. The number of nitrogens with zero attached hydrogens (tertiary/aromatic N) is 1. The van der Waals surface area contributed by atoms with Crippen LogP contribution in [0, 0.1) is 34.5 Å². The molecule has 1 amide bonds. The van der Waals surface area contributed by atoms with E-state index in [1.54, 1.807) is 18.0 Å². The molecule has 0 aromatic heterocycles. The Hall–Kier alpha value is -1.40. The number of likely N-dealkylation sites (N-methyl/N-ethyl adjacent to an activating group) is 1. The summed E-state index contributed by atoms with van der Waals surface area (Å²) in [6.07, 6.45) is 5.60. The van der Waals surface area contributed by atoms with Crippen molar-refractivity contribution in [1.82, 2.24) is 4.90 Å². The number of carbonyl (C=O) groups excluding carboxylic acids is 2. The number of hydrogen-bond donors (Lipinski definition) is 2. The molecule has 0 aromatic carbocycles. The summed E-state index contributed by atoms with van der Waals surface area (Å²) >= 11 is 0. The molecule has 0 radical (unpaired) electrons. The fraction of sp³-hybridized carbons (Fsp3) is 0.840. The van der Waals surface area contributed by atoms with Crippen LogP contribution in [0.1, 0.15) is 66.7 Å². The molecule has 3 aliphatic carbocycles. The fourth-order valence-corrected chi connectivity index (χ4v) is 7.33. The quantitative estimate of drug-likeness (QED) is 0.523. The molecule has 3 fully saturated rings. The van der Waals surface area contributed by atoms with Gasteiger partial charge in [-0.25, -0.2) is 0 Å². The topological polar surface area (TPSA) is 87.1 Å². The molecule has 0 unspecified atom stereocenters. The van der Waals surface area contributed by atoms with Gasteiger partial charge in [0.2, 0.25) is 5.91 Å². The number of ether oxygens (including phenoxy) is 1. The molecule has 7 atom stereocenters. The summed E-state index contributed by atoms with van der Waals surface area (Å²) in [5.74, 6) is 0.644. The van der Waals surface area contributed by atoms with Gasteiger partial charge in [0, 0.05) is 32.0 Å². The molecule has 31 heavy (non-hydrogen) atoms. The highest BCUT2D eigenvalue weighted by Gasteiger charge is 2.61. The Balaban J connectivity index is 1.85. The first-order valence-electron chi connectivity index (χ1n) is 11.8. The van der Waals surface area contributed by atoms with Crippen LogP contribution >= 0.6 is 0 Å². The van der Waals surface area contributed by atoms with E-state index in [9.17, 15) is 14.7 Å². The van der Waals surface area contributed by atoms with Crippen LogP contribution in [0.2, 0.25) is 0 Å². The van der Waals surface area contributed by atoms with Gasteiger partial charge in [-0.1, -0.05) is 33.3 Å². The number of aliphatic hydroxyl groups excluding tert-OH is 2. The zero-order valence-corrected chi connectivity index (χ0v) is 20.1. The van der Waals surface area contributed by atoms with Crippen molar-refractivity contribution in [3.8, 4) is 0 Å². The minimum Gasteiger partial charge on any atom is -0.462 e. The first-order chi connectivity index (χ1) is 14.4. The van der Waals surface area contributed by atoms with Crippen LogP contribution < -0.4 is 0 Å². The number of aliphatic hydroxyl groups is 2. The lowest BCUT2D eigenvalue weighted by atomic mass is 9.42. The number of esters is 1. The predicted octanol–water partition coefficient (Wildman–Crippen LogP) is 3.16. The molecule has 3 saturated carbocycles. The van der Waals surface area contributed by atoms with Gasteiger partial charge in [0.15, 0.2) is 0 Å². The molecule has 0 saturated heterocycles. The molecule has 3 aliphatic rings. The Morgan fingerprint density at radius 3 is 2.55 bits per heavy atom. The summed E-state index contributed by atoms with van der Waals surface area (Å²) in [6, 6.07) is 0. The van der Waals surface area contributed by atoms with Gasteiger partial charge >= 0.3 is 5.97 Å². The summed E-state index contributed by atoms with van der Waals surface area (Å²) in [7, 11) is 1.71. The van der Waals surface area contributed by atoms with Crippen LogP contribution in [-0.4, -0.2) is 59.4 Å². The Morgan fingerprint density at radius 1 is 1.26 bits per heavy atom. The minimum absolute atomic E-state index is 0.0474. The molecule has 6 heteroatoms. The molecular formula is C25H41NO5. The summed E-state index contributed by atoms with van der Waals surface area (Å²) in [5, 5.41) is 20.4. The minimum atomic E-state index is -0.428. The van der Waals surface area contributed by atoms with Crippen molar-refractivity contribution < 1.29 is 24.5 Å². The molecule has 0 bridgehead atoms. The van der Waals surface area contributed by atoms with Gasteiger partial charge in [0.25, 0.3) is 0 Å². The van der Waals surface area contributed by atoms with Gasteiger partial charge in [-0.3, -0.25) is 9.59 Å². The van der Waals surface area contributed by atoms with Crippen LogP contribution in [0.15, 0.2) is 11.6 Å². The lowest BCUT2D eigenvalue weighted by Crippen LogP contribution is -2.61. The van der Waals surface area contributed by atoms with E-state index in [0.717, 1.165) is 31.3 Å². The van der Waals surface area contributed by atoms with E-state index in [1.165, 1.54) is 6.92 Å². The lowest BCUT2D eigenvalue weighted by molar-refractivity contribution is -0.203. The second-order valence-electron chi connectivity index (χ2n) is 11.0. The van der Waals surface area contributed by atoms with Crippen LogP contribution in [0.25, 0.3) is 0 Å². The molecule has 3 rings (SSSR count). The maximum absolute atomic E-state index is 12.5. The monoisotopic (exact) mass is 435 g/mol.